The highest BCUT2D eigenvalue weighted by atomic mass is 16.3. The molecule has 1 aromatic heterocycles. The smallest absolute Gasteiger partial charge is 0.159 e. The number of anilines is 3. The molecule has 0 N–H and O–H groups in total. The molecule has 1 aliphatic rings. The number of fused-ring (bicyclic) bond motifs is 8. The van der Waals surface area contributed by atoms with Gasteiger partial charge in [-0.25, -0.2) is 0 Å². The van der Waals surface area contributed by atoms with Crippen molar-refractivity contribution in [3.63, 3.8) is 0 Å². The summed E-state index contributed by atoms with van der Waals surface area (Å²) in [5.74, 6) is 0. The van der Waals surface area contributed by atoms with E-state index in [0.717, 1.165) is 44.6 Å². The standard InChI is InChI=1S/C59H39NO/c1-4-18-40(19-5-1)41-34-36-45(37-35-41)60(55-33-17-30-51-57-50-29-11-10-26-47(50)52(39-56(57)61-58(51)55)42-20-6-2-7-21-42)46-25-16-24-44(38-46)59(43-22-8-3-9-23-43)53-31-14-12-27-48(53)49-28-13-15-32-54(49)59/h1-39H. The molecule has 0 radical (unpaired) electrons. The number of para-hydroxylation sites is 1. The normalized spacial score (nSPS) is 12.7. The fraction of sp³-hybridized carbons (Fsp3) is 0.0169. The maximum Gasteiger partial charge on any atom is 0.159 e. The number of rotatable bonds is 7. The van der Waals surface area contributed by atoms with E-state index in [2.05, 4.69) is 241 Å². The minimum absolute atomic E-state index is 0.536. The van der Waals surface area contributed by atoms with Crippen LogP contribution in [-0.2, 0) is 5.41 Å². The summed E-state index contributed by atoms with van der Waals surface area (Å²) in [5.41, 5.74) is 16.5. The fourth-order valence-corrected chi connectivity index (χ4v) is 10.1. The maximum absolute atomic E-state index is 7.14. The Hall–Kier alpha value is -7.94. The molecule has 286 valence electrons. The van der Waals surface area contributed by atoms with Crippen LogP contribution in [0.15, 0.2) is 241 Å². The van der Waals surface area contributed by atoms with Crippen LogP contribution < -0.4 is 4.90 Å². The first-order valence-corrected chi connectivity index (χ1v) is 21.0. The van der Waals surface area contributed by atoms with Gasteiger partial charge in [-0.1, -0.05) is 200 Å². The van der Waals surface area contributed by atoms with Crippen LogP contribution in [0.25, 0.3) is 66.1 Å². The number of benzene rings is 10. The van der Waals surface area contributed by atoms with Crippen LogP contribution in [0.4, 0.5) is 17.1 Å². The zero-order valence-electron chi connectivity index (χ0n) is 33.4. The summed E-state index contributed by atoms with van der Waals surface area (Å²) in [6.45, 7) is 0. The lowest BCUT2D eigenvalue weighted by Crippen LogP contribution is -2.28. The topological polar surface area (TPSA) is 16.4 Å². The third-order valence-electron chi connectivity index (χ3n) is 12.7. The lowest BCUT2D eigenvalue weighted by atomic mass is 9.67. The second-order valence-electron chi connectivity index (χ2n) is 16.0. The summed E-state index contributed by atoms with van der Waals surface area (Å²) in [5, 5.41) is 4.60. The summed E-state index contributed by atoms with van der Waals surface area (Å²) in [4.78, 5) is 2.38. The van der Waals surface area contributed by atoms with Crippen molar-refractivity contribution in [1.29, 1.82) is 0 Å². The minimum atomic E-state index is -0.536. The van der Waals surface area contributed by atoms with Gasteiger partial charge in [0, 0.05) is 22.1 Å². The van der Waals surface area contributed by atoms with Crippen molar-refractivity contribution in [1.82, 2.24) is 0 Å². The molecule has 61 heavy (non-hydrogen) atoms. The summed E-state index contributed by atoms with van der Waals surface area (Å²) in [6.07, 6.45) is 0. The summed E-state index contributed by atoms with van der Waals surface area (Å²) in [7, 11) is 0. The molecule has 10 aromatic carbocycles. The van der Waals surface area contributed by atoms with E-state index in [1.165, 1.54) is 60.8 Å². The summed E-state index contributed by atoms with van der Waals surface area (Å²) >= 11 is 0. The highest BCUT2D eigenvalue weighted by Crippen LogP contribution is 2.57. The van der Waals surface area contributed by atoms with Crippen molar-refractivity contribution in [3.8, 4) is 33.4 Å². The first kappa shape index (κ1) is 35.0. The fourth-order valence-electron chi connectivity index (χ4n) is 10.1. The van der Waals surface area contributed by atoms with Crippen LogP contribution in [0.1, 0.15) is 22.3 Å². The molecule has 12 rings (SSSR count). The highest BCUT2D eigenvalue weighted by Gasteiger charge is 2.46. The first-order valence-electron chi connectivity index (χ1n) is 21.0. The van der Waals surface area contributed by atoms with Gasteiger partial charge in [-0.2, -0.15) is 0 Å². The SMILES string of the molecule is c1ccc(-c2ccc(N(c3cccc(C4(c5ccccc5)c5ccccc5-c5ccccc54)c3)c3cccc4c3oc3cc(-c5ccccc5)c5ccccc5c34)cc2)cc1. The molecule has 0 spiro atoms. The Kier molecular flexibility index (Phi) is 8.11. The van der Waals surface area contributed by atoms with E-state index in [-0.39, 0.29) is 0 Å². The molecule has 0 unspecified atom stereocenters. The molecule has 0 aliphatic heterocycles. The Balaban J connectivity index is 1.12. The highest BCUT2D eigenvalue weighted by molar-refractivity contribution is 6.23. The molecule has 1 aliphatic carbocycles. The average molecular weight is 778 g/mol. The zero-order valence-corrected chi connectivity index (χ0v) is 33.4. The van der Waals surface area contributed by atoms with Crippen molar-refractivity contribution in [3.05, 3.63) is 259 Å². The van der Waals surface area contributed by atoms with Crippen LogP contribution in [-0.4, -0.2) is 0 Å². The van der Waals surface area contributed by atoms with Crippen molar-refractivity contribution in [2.24, 2.45) is 0 Å². The second-order valence-corrected chi connectivity index (χ2v) is 16.0. The van der Waals surface area contributed by atoms with Crippen molar-refractivity contribution in [2.45, 2.75) is 5.41 Å². The Labute approximate surface area is 355 Å². The summed E-state index contributed by atoms with van der Waals surface area (Å²) < 4.78 is 7.14. The van der Waals surface area contributed by atoms with Crippen molar-refractivity contribution in [2.75, 3.05) is 4.90 Å². The molecule has 0 saturated heterocycles. The summed E-state index contributed by atoms with van der Waals surface area (Å²) in [6, 6.07) is 85.8. The molecule has 2 nitrogen and oxygen atoms in total. The Bertz CT molecular complexity index is 3360. The molecule has 11 aromatic rings. The Morgan fingerprint density at radius 3 is 1.59 bits per heavy atom. The maximum atomic E-state index is 7.14. The van der Waals surface area contributed by atoms with Crippen LogP contribution in [0.3, 0.4) is 0 Å². The van der Waals surface area contributed by atoms with Gasteiger partial charge in [0.1, 0.15) is 5.58 Å². The van der Waals surface area contributed by atoms with Crippen LogP contribution in [0, 0.1) is 0 Å². The third-order valence-corrected chi connectivity index (χ3v) is 12.7. The quantitative estimate of drug-likeness (QED) is 0.160. The Morgan fingerprint density at radius 1 is 0.344 bits per heavy atom. The molecule has 2 heteroatoms. The predicted octanol–water partition coefficient (Wildman–Crippen LogP) is 15.9. The van der Waals surface area contributed by atoms with Gasteiger partial charge in [-0.3, -0.25) is 0 Å². The van der Waals surface area contributed by atoms with E-state index in [4.69, 9.17) is 4.42 Å². The number of nitrogens with zero attached hydrogens (tertiary/aromatic N) is 1. The van der Waals surface area contributed by atoms with E-state index in [1.54, 1.807) is 0 Å². The first-order chi connectivity index (χ1) is 30.3. The van der Waals surface area contributed by atoms with E-state index in [0.29, 0.717) is 0 Å². The largest absolute Gasteiger partial charge is 0.454 e. The number of furan rings is 1. The van der Waals surface area contributed by atoms with E-state index < -0.39 is 5.41 Å². The predicted molar refractivity (Wildman–Crippen MR) is 254 cm³/mol. The van der Waals surface area contributed by atoms with Gasteiger partial charge in [-0.15, -0.1) is 0 Å². The van der Waals surface area contributed by atoms with E-state index in [9.17, 15) is 0 Å². The van der Waals surface area contributed by atoms with Crippen LogP contribution in [0.2, 0.25) is 0 Å². The molecule has 0 amide bonds. The monoisotopic (exact) mass is 777 g/mol. The van der Waals surface area contributed by atoms with Gasteiger partial charge in [0.15, 0.2) is 5.58 Å². The van der Waals surface area contributed by atoms with Crippen LogP contribution in [0.5, 0.6) is 0 Å². The van der Waals surface area contributed by atoms with Gasteiger partial charge < -0.3 is 9.32 Å². The zero-order chi connectivity index (χ0) is 40.3. The van der Waals surface area contributed by atoms with Gasteiger partial charge in [-0.05, 0) is 103 Å². The lowest BCUT2D eigenvalue weighted by molar-refractivity contribution is 0.669. The molecule has 0 bridgehead atoms. The van der Waals surface area contributed by atoms with E-state index >= 15 is 0 Å². The molecular formula is C59H39NO. The van der Waals surface area contributed by atoms with Gasteiger partial charge in [0.25, 0.3) is 0 Å². The molecule has 0 saturated carbocycles. The van der Waals surface area contributed by atoms with Crippen molar-refractivity contribution >= 4 is 49.8 Å². The lowest BCUT2D eigenvalue weighted by Gasteiger charge is -2.35. The second kappa shape index (κ2) is 14.1. The molecule has 1 heterocycles. The number of hydrogen-bond acceptors (Lipinski definition) is 2. The third kappa shape index (κ3) is 5.43. The molecule has 0 atom stereocenters. The Morgan fingerprint density at radius 2 is 0.885 bits per heavy atom. The molecular weight excluding hydrogens is 739 g/mol. The molecule has 0 fully saturated rings. The van der Waals surface area contributed by atoms with Gasteiger partial charge in [0.2, 0.25) is 0 Å². The van der Waals surface area contributed by atoms with Gasteiger partial charge >= 0.3 is 0 Å². The van der Waals surface area contributed by atoms with Crippen LogP contribution >= 0.6 is 0 Å². The van der Waals surface area contributed by atoms with Gasteiger partial charge in [0.05, 0.1) is 11.1 Å². The minimum Gasteiger partial charge on any atom is -0.454 e. The van der Waals surface area contributed by atoms with Crippen molar-refractivity contribution < 1.29 is 4.42 Å². The van der Waals surface area contributed by atoms with E-state index in [1.807, 2.05) is 0 Å². The number of hydrogen-bond donors (Lipinski definition) is 0. The average Bonchev–Trinajstić information content (AvgIpc) is 3.87.